The molecule has 0 saturated carbocycles. The van der Waals surface area contributed by atoms with Gasteiger partial charge in [0.1, 0.15) is 0 Å². The van der Waals surface area contributed by atoms with Crippen molar-refractivity contribution in [2.75, 3.05) is 13.7 Å². The Morgan fingerprint density at radius 2 is 1.82 bits per heavy atom. The number of aliphatic hydroxyl groups is 1. The van der Waals surface area contributed by atoms with Gasteiger partial charge in [0.25, 0.3) is 0 Å². The number of fused-ring (bicyclic) bond motifs is 1. The highest BCUT2D eigenvalue weighted by atomic mass is 16.5. The number of carboxylic acids is 1. The van der Waals surface area contributed by atoms with E-state index in [-0.39, 0.29) is 30.4 Å². The molecule has 2 aliphatic carbocycles. The number of aryl methyl sites for hydroxylation is 2. The lowest BCUT2D eigenvalue weighted by Gasteiger charge is -2.48. The van der Waals surface area contributed by atoms with Crippen LogP contribution in [-0.4, -0.2) is 58.4 Å². The minimum Gasteiger partial charge on any atom is -0.479 e. The second-order valence-electron chi connectivity index (χ2n) is 12.4. The van der Waals surface area contributed by atoms with Crippen molar-refractivity contribution in [3.8, 4) is 0 Å². The van der Waals surface area contributed by atoms with Gasteiger partial charge < -0.3 is 19.8 Å². The average Bonchev–Trinajstić information content (AvgIpc) is 2.85. The number of piperidine rings is 1. The average molecular weight is 534 g/mol. The Morgan fingerprint density at radius 1 is 1.13 bits per heavy atom. The first-order valence-corrected chi connectivity index (χ1v) is 13.9. The molecule has 6 nitrogen and oxygen atoms in total. The van der Waals surface area contributed by atoms with Crippen molar-refractivity contribution in [2.45, 2.75) is 85.5 Å². The highest BCUT2D eigenvalue weighted by Crippen LogP contribution is 2.51. The van der Waals surface area contributed by atoms with E-state index in [9.17, 15) is 19.8 Å². The molecule has 1 fully saturated rings. The van der Waals surface area contributed by atoms with E-state index >= 15 is 0 Å². The molecule has 0 radical (unpaired) electrons. The van der Waals surface area contributed by atoms with Gasteiger partial charge in [-0.2, -0.15) is 0 Å². The monoisotopic (exact) mass is 533 g/mol. The van der Waals surface area contributed by atoms with Gasteiger partial charge in [0.2, 0.25) is 5.91 Å². The number of allylic oxidation sites excluding steroid dienone is 4. The van der Waals surface area contributed by atoms with Crippen LogP contribution in [0.25, 0.3) is 5.57 Å². The van der Waals surface area contributed by atoms with Gasteiger partial charge in [-0.05, 0) is 106 Å². The molecule has 4 rings (SSSR count). The van der Waals surface area contributed by atoms with E-state index < -0.39 is 17.7 Å². The fraction of sp³-hybridized carbons (Fsp3) is 0.515. The Kier molecular flexibility index (Phi) is 8.11. The SMILES string of the molecule is CC1=C(CO)C=CC(C2=C(C(OC(C)(C)C)C(=O)O)C3CCC(=O)N(C)C3C(c3ccc(C)c(C)c3)=C2C)C1. The number of benzene rings is 1. The number of aliphatic carboxylic acids is 1. The highest BCUT2D eigenvalue weighted by molar-refractivity contribution is 5.88. The van der Waals surface area contributed by atoms with Crippen molar-refractivity contribution < 1.29 is 24.5 Å². The van der Waals surface area contributed by atoms with E-state index in [2.05, 4.69) is 45.0 Å². The lowest BCUT2D eigenvalue weighted by atomic mass is 9.64. The van der Waals surface area contributed by atoms with E-state index in [4.69, 9.17) is 4.74 Å². The summed E-state index contributed by atoms with van der Waals surface area (Å²) in [7, 11) is 1.84. The number of carbonyl (C=O) groups is 2. The van der Waals surface area contributed by atoms with Gasteiger partial charge in [0, 0.05) is 25.3 Å². The maximum absolute atomic E-state index is 13.1. The molecule has 39 heavy (non-hydrogen) atoms. The zero-order valence-electron chi connectivity index (χ0n) is 24.6. The quantitative estimate of drug-likeness (QED) is 0.484. The number of rotatable bonds is 6. The summed E-state index contributed by atoms with van der Waals surface area (Å²) in [4.78, 5) is 27.8. The molecule has 3 aliphatic rings. The summed E-state index contributed by atoms with van der Waals surface area (Å²) in [6.07, 6.45) is 4.56. The molecule has 4 unspecified atom stereocenters. The van der Waals surface area contributed by atoms with Gasteiger partial charge in [-0.1, -0.05) is 35.9 Å². The second kappa shape index (κ2) is 10.9. The molecule has 4 atom stereocenters. The van der Waals surface area contributed by atoms with Crippen LogP contribution in [0.3, 0.4) is 0 Å². The van der Waals surface area contributed by atoms with Gasteiger partial charge in [-0.3, -0.25) is 4.79 Å². The zero-order chi connectivity index (χ0) is 28.8. The molecule has 1 heterocycles. The van der Waals surface area contributed by atoms with Crippen LogP contribution < -0.4 is 0 Å². The molecule has 2 N–H and O–H groups in total. The number of ether oxygens (including phenoxy) is 1. The van der Waals surface area contributed by atoms with Crippen molar-refractivity contribution in [2.24, 2.45) is 11.8 Å². The van der Waals surface area contributed by atoms with Crippen LogP contribution in [0.2, 0.25) is 0 Å². The molecule has 1 saturated heterocycles. The summed E-state index contributed by atoms with van der Waals surface area (Å²) >= 11 is 0. The van der Waals surface area contributed by atoms with Crippen LogP contribution in [-0.2, 0) is 14.3 Å². The number of likely N-dealkylation sites (N-methyl/N-ethyl adjacent to an activating group) is 1. The summed E-state index contributed by atoms with van der Waals surface area (Å²) in [5, 5.41) is 20.4. The Labute approximate surface area is 232 Å². The Morgan fingerprint density at radius 3 is 2.38 bits per heavy atom. The van der Waals surface area contributed by atoms with Crippen LogP contribution in [0.1, 0.15) is 70.6 Å². The van der Waals surface area contributed by atoms with Crippen molar-refractivity contribution >= 4 is 17.4 Å². The molecule has 0 spiro atoms. The summed E-state index contributed by atoms with van der Waals surface area (Å²) < 4.78 is 6.30. The lowest BCUT2D eigenvalue weighted by molar-refractivity contribution is -0.157. The number of nitrogens with zero attached hydrogens (tertiary/aromatic N) is 1. The summed E-state index contributed by atoms with van der Waals surface area (Å²) in [5.41, 5.74) is 8.63. The number of carbonyl (C=O) groups excluding carboxylic acids is 1. The third-order valence-corrected chi connectivity index (χ3v) is 8.62. The maximum Gasteiger partial charge on any atom is 0.337 e. The van der Waals surface area contributed by atoms with Gasteiger partial charge in [0.05, 0.1) is 18.2 Å². The molecule has 210 valence electrons. The number of amides is 1. The normalized spacial score (nSPS) is 24.9. The van der Waals surface area contributed by atoms with Gasteiger partial charge >= 0.3 is 5.97 Å². The van der Waals surface area contributed by atoms with Gasteiger partial charge in [-0.25, -0.2) is 4.79 Å². The van der Waals surface area contributed by atoms with Crippen molar-refractivity contribution in [1.29, 1.82) is 0 Å². The zero-order valence-corrected chi connectivity index (χ0v) is 24.6. The maximum atomic E-state index is 13.1. The first-order valence-electron chi connectivity index (χ1n) is 13.9. The van der Waals surface area contributed by atoms with E-state index in [0.29, 0.717) is 19.3 Å². The van der Waals surface area contributed by atoms with Gasteiger partial charge in [0.15, 0.2) is 6.10 Å². The molecule has 0 aromatic heterocycles. The third-order valence-electron chi connectivity index (χ3n) is 8.62. The fourth-order valence-electron chi connectivity index (χ4n) is 6.56. The predicted octanol–water partition coefficient (Wildman–Crippen LogP) is 5.78. The Hall–Kier alpha value is -2.96. The molecule has 0 bridgehead atoms. The van der Waals surface area contributed by atoms with E-state index in [0.717, 1.165) is 39.0 Å². The van der Waals surface area contributed by atoms with Crippen molar-refractivity contribution in [3.05, 3.63) is 74.9 Å². The van der Waals surface area contributed by atoms with Crippen LogP contribution >= 0.6 is 0 Å². The molecular weight excluding hydrogens is 490 g/mol. The predicted molar refractivity (Wildman–Crippen MR) is 154 cm³/mol. The summed E-state index contributed by atoms with van der Waals surface area (Å²) in [5.74, 6) is -1.20. The van der Waals surface area contributed by atoms with E-state index in [1.807, 2.05) is 45.7 Å². The molecule has 6 heteroatoms. The minimum atomic E-state index is -1.14. The Bertz CT molecular complexity index is 1310. The largest absolute Gasteiger partial charge is 0.479 e. The highest BCUT2D eigenvalue weighted by Gasteiger charge is 2.48. The minimum absolute atomic E-state index is 0.0217. The second-order valence-corrected chi connectivity index (χ2v) is 12.4. The molecule has 1 aliphatic heterocycles. The van der Waals surface area contributed by atoms with Crippen molar-refractivity contribution in [3.63, 3.8) is 0 Å². The molecule has 1 aromatic carbocycles. The number of carboxylic acid groups (broad SMARTS) is 1. The van der Waals surface area contributed by atoms with E-state index in [1.165, 1.54) is 11.1 Å². The number of hydrogen-bond donors (Lipinski definition) is 2. The topological polar surface area (TPSA) is 87.1 Å². The van der Waals surface area contributed by atoms with Crippen LogP contribution in [0.15, 0.2) is 58.2 Å². The van der Waals surface area contributed by atoms with Crippen LogP contribution in [0.4, 0.5) is 0 Å². The first-order chi connectivity index (χ1) is 18.2. The van der Waals surface area contributed by atoms with Gasteiger partial charge in [-0.15, -0.1) is 0 Å². The smallest absolute Gasteiger partial charge is 0.337 e. The van der Waals surface area contributed by atoms with Crippen molar-refractivity contribution in [1.82, 2.24) is 4.90 Å². The Balaban J connectivity index is 2.05. The first kappa shape index (κ1) is 29.0. The third kappa shape index (κ3) is 5.55. The number of likely N-dealkylation sites (tertiary alicyclic amines) is 1. The molecular formula is C33H43NO5. The fourth-order valence-corrected chi connectivity index (χ4v) is 6.56. The molecule has 1 amide bonds. The summed E-state index contributed by atoms with van der Waals surface area (Å²) in [6.45, 7) is 13.9. The number of aliphatic hydroxyl groups excluding tert-OH is 1. The standard InChI is InChI=1S/C33H43NO5/c1-18-9-10-23(15-19(18)2)28-21(4)27(22-11-12-24(17-35)20(3)16-22)29(31(32(37)38)39-33(5,6)7)25-13-14-26(36)34(8)30(25)28/h9-12,15,22,25,30-31,35H,13-14,16-17H2,1-8H3,(H,37,38). The summed E-state index contributed by atoms with van der Waals surface area (Å²) in [6, 6.07) is 6.15. The lowest BCUT2D eigenvalue weighted by Crippen LogP contribution is -2.52. The molecule has 1 aromatic rings. The van der Waals surface area contributed by atoms with Crippen LogP contribution in [0, 0.1) is 25.7 Å². The van der Waals surface area contributed by atoms with Crippen LogP contribution in [0.5, 0.6) is 0 Å². The van der Waals surface area contributed by atoms with E-state index in [1.54, 1.807) is 0 Å². The number of hydrogen-bond acceptors (Lipinski definition) is 4.